The average Bonchev–Trinajstić information content (AvgIpc) is 1.93. The van der Waals surface area contributed by atoms with E-state index in [4.69, 9.17) is 0 Å². The molecule has 1 N–H and O–H groups in total. The zero-order valence-corrected chi connectivity index (χ0v) is 6.28. The van der Waals surface area contributed by atoms with Gasteiger partial charge < -0.3 is 5.32 Å². The zero-order valence-electron chi connectivity index (χ0n) is 6.28. The van der Waals surface area contributed by atoms with Crippen LogP contribution in [0.3, 0.4) is 0 Å². The van der Waals surface area contributed by atoms with Crippen molar-refractivity contribution < 1.29 is 0 Å². The lowest BCUT2D eigenvalue weighted by Crippen LogP contribution is -1.97. The van der Waals surface area contributed by atoms with E-state index in [0.29, 0.717) is 0 Å². The van der Waals surface area contributed by atoms with Gasteiger partial charge in [0.2, 0.25) is 0 Å². The van der Waals surface area contributed by atoms with E-state index in [9.17, 15) is 0 Å². The number of rotatable bonds is 3. The molecule has 0 unspecified atom stereocenters. The van der Waals surface area contributed by atoms with Crippen molar-refractivity contribution in [3.63, 3.8) is 0 Å². The molecule has 52 valence electrons. The fraction of sp³-hybridized carbons (Fsp3) is 0.250. The van der Waals surface area contributed by atoms with Crippen LogP contribution in [0.4, 0.5) is 0 Å². The van der Waals surface area contributed by atoms with Gasteiger partial charge in [0.05, 0.1) is 0 Å². The molecule has 0 aromatic heterocycles. The Bertz CT molecular complexity index is 92.7. The Morgan fingerprint density at radius 3 is 1.89 bits per heavy atom. The molecule has 0 radical (unpaired) electrons. The monoisotopic (exact) mass is 125 g/mol. The summed E-state index contributed by atoms with van der Waals surface area (Å²) in [5.41, 5.74) is 0.773. The van der Waals surface area contributed by atoms with E-state index in [2.05, 4.69) is 25.1 Å². The fourth-order valence-corrected chi connectivity index (χ4v) is 0.190. The highest BCUT2D eigenvalue weighted by atomic mass is 14.8. The van der Waals surface area contributed by atoms with Gasteiger partial charge in [0.25, 0.3) is 0 Å². The normalized spacial score (nSPS) is 6.00. The van der Waals surface area contributed by atoms with Crippen LogP contribution < -0.4 is 5.32 Å². The smallest absolute Gasteiger partial charge is 0.0300 e. The Morgan fingerprint density at radius 2 is 1.78 bits per heavy atom. The zero-order chi connectivity index (χ0) is 7.70. The van der Waals surface area contributed by atoms with Crippen LogP contribution in [0.25, 0.3) is 0 Å². The van der Waals surface area contributed by atoms with Crippen LogP contribution in [-0.4, -0.2) is 0 Å². The predicted molar refractivity (Wildman–Crippen MR) is 44.0 cm³/mol. The molecular weight excluding hydrogens is 110 g/mol. The summed E-state index contributed by atoms with van der Waals surface area (Å²) in [6.07, 6.45) is 3.19. The van der Waals surface area contributed by atoms with Crippen LogP contribution in [0.5, 0.6) is 0 Å². The second-order valence-electron chi connectivity index (χ2n) is 1.08. The van der Waals surface area contributed by atoms with Crippen LogP contribution in [0.15, 0.2) is 37.7 Å². The van der Waals surface area contributed by atoms with Crippen molar-refractivity contribution in [2.45, 2.75) is 13.8 Å². The van der Waals surface area contributed by atoms with E-state index in [1.165, 1.54) is 0 Å². The second-order valence-corrected chi connectivity index (χ2v) is 1.08. The minimum Gasteiger partial charge on any atom is -0.363 e. The van der Waals surface area contributed by atoms with Crippen molar-refractivity contribution in [3.8, 4) is 0 Å². The molecule has 0 heterocycles. The molecule has 0 bridgehead atoms. The maximum Gasteiger partial charge on any atom is 0.0300 e. The summed E-state index contributed by atoms with van der Waals surface area (Å²) in [6, 6.07) is 0. The molecule has 0 aromatic carbocycles. The van der Waals surface area contributed by atoms with E-state index in [-0.39, 0.29) is 0 Å². The number of nitrogens with one attached hydrogen (secondary N) is 1. The lowest BCUT2D eigenvalue weighted by Gasteiger charge is -1.92. The van der Waals surface area contributed by atoms with Crippen LogP contribution in [0.1, 0.15) is 13.8 Å². The fourth-order valence-electron chi connectivity index (χ4n) is 0.190. The molecule has 0 aliphatic heterocycles. The molecule has 0 aliphatic rings. The Hall–Kier alpha value is -0.980. The Balaban J connectivity index is 0. The van der Waals surface area contributed by atoms with E-state index in [1.807, 2.05) is 13.8 Å². The van der Waals surface area contributed by atoms with Crippen molar-refractivity contribution in [2.75, 3.05) is 0 Å². The first kappa shape index (κ1) is 10.9. The number of hydrogen-bond donors (Lipinski definition) is 1. The van der Waals surface area contributed by atoms with Crippen LogP contribution in [-0.2, 0) is 0 Å². The van der Waals surface area contributed by atoms with E-state index < -0.39 is 0 Å². The highest BCUT2D eigenvalue weighted by Gasteiger charge is 1.71. The Morgan fingerprint density at radius 1 is 1.33 bits per heavy atom. The van der Waals surface area contributed by atoms with Crippen molar-refractivity contribution >= 4 is 0 Å². The molecule has 0 atom stereocenters. The summed E-state index contributed by atoms with van der Waals surface area (Å²) in [5, 5.41) is 2.75. The maximum atomic E-state index is 3.56. The van der Waals surface area contributed by atoms with Gasteiger partial charge in [0.15, 0.2) is 0 Å². The molecule has 0 spiro atoms. The van der Waals surface area contributed by atoms with Gasteiger partial charge in [-0.1, -0.05) is 33.6 Å². The van der Waals surface area contributed by atoms with E-state index in [0.717, 1.165) is 5.70 Å². The van der Waals surface area contributed by atoms with Gasteiger partial charge >= 0.3 is 0 Å². The molecule has 0 saturated carbocycles. The third-order valence-electron chi connectivity index (χ3n) is 0.534. The quantitative estimate of drug-likeness (QED) is 0.571. The molecule has 0 fully saturated rings. The summed E-state index contributed by atoms with van der Waals surface area (Å²) in [5.74, 6) is 0. The van der Waals surface area contributed by atoms with Crippen molar-refractivity contribution in [3.05, 3.63) is 37.7 Å². The lowest BCUT2D eigenvalue weighted by atomic mass is 10.5. The first-order valence-electron chi connectivity index (χ1n) is 3.00. The Labute approximate surface area is 57.8 Å². The molecule has 0 aliphatic carbocycles. The molecule has 1 nitrogen and oxygen atoms in total. The first-order chi connectivity index (χ1) is 4.31. The van der Waals surface area contributed by atoms with Gasteiger partial charge in [0.1, 0.15) is 0 Å². The largest absolute Gasteiger partial charge is 0.363 e. The number of allylic oxidation sites excluding steroid dienone is 1. The highest BCUT2D eigenvalue weighted by molar-refractivity contribution is 5.09. The first-order valence-corrected chi connectivity index (χ1v) is 3.00. The minimum absolute atomic E-state index is 0.773. The third kappa shape index (κ3) is 10.9. The van der Waals surface area contributed by atoms with E-state index >= 15 is 0 Å². The lowest BCUT2D eigenvalue weighted by molar-refractivity contribution is 1.13. The SMILES string of the molecule is C=CNC(=C)C=C.CC. The van der Waals surface area contributed by atoms with Crippen LogP contribution in [0, 0.1) is 0 Å². The second kappa shape index (κ2) is 10.1. The van der Waals surface area contributed by atoms with Crippen LogP contribution in [0.2, 0.25) is 0 Å². The van der Waals surface area contributed by atoms with Gasteiger partial charge in [-0.25, -0.2) is 0 Å². The topological polar surface area (TPSA) is 12.0 Å². The molecule has 1 heteroatoms. The standard InChI is InChI=1S/C6H9N.C2H6/c1-4-6(3)7-5-2;1-2/h4-5,7H,1-3H2;1-2H3. The molecule has 0 rings (SSSR count). The maximum absolute atomic E-state index is 3.56. The summed E-state index contributed by atoms with van der Waals surface area (Å²) < 4.78 is 0. The van der Waals surface area contributed by atoms with Crippen molar-refractivity contribution in [1.29, 1.82) is 0 Å². The Kier molecular flexibility index (Phi) is 12.2. The van der Waals surface area contributed by atoms with Gasteiger partial charge in [-0.05, 0) is 12.3 Å². The van der Waals surface area contributed by atoms with Crippen molar-refractivity contribution in [1.82, 2.24) is 5.32 Å². The molecule has 0 aromatic rings. The summed E-state index contributed by atoms with van der Waals surface area (Å²) >= 11 is 0. The van der Waals surface area contributed by atoms with Gasteiger partial charge in [-0.15, -0.1) is 0 Å². The predicted octanol–water partition coefficient (Wildman–Crippen LogP) is 2.45. The average molecular weight is 125 g/mol. The highest BCUT2D eigenvalue weighted by Crippen LogP contribution is 1.79. The summed E-state index contributed by atoms with van der Waals surface area (Å²) in [4.78, 5) is 0. The minimum atomic E-state index is 0.773. The summed E-state index contributed by atoms with van der Waals surface area (Å²) in [6.45, 7) is 14.5. The summed E-state index contributed by atoms with van der Waals surface area (Å²) in [7, 11) is 0. The molecule has 9 heavy (non-hydrogen) atoms. The molecule has 0 amide bonds. The van der Waals surface area contributed by atoms with Gasteiger partial charge in [-0.2, -0.15) is 0 Å². The van der Waals surface area contributed by atoms with Gasteiger partial charge in [0, 0.05) is 5.70 Å². The van der Waals surface area contributed by atoms with Crippen LogP contribution >= 0.6 is 0 Å². The molecule has 0 saturated heterocycles. The molecular formula is C8H15N. The third-order valence-corrected chi connectivity index (χ3v) is 0.534. The van der Waals surface area contributed by atoms with Crippen molar-refractivity contribution in [2.24, 2.45) is 0 Å². The number of hydrogen-bond acceptors (Lipinski definition) is 1. The van der Waals surface area contributed by atoms with Gasteiger partial charge in [-0.3, -0.25) is 0 Å². The van der Waals surface area contributed by atoms with E-state index in [1.54, 1.807) is 12.3 Å².